The molecule has 1 saturated carbocycles. The minimum Gasteiger partial charge on any atom is -0.372 e. The average Bonchev–Trinajstić information content (AvgIpc) is 3.33. The Morgan fingerprint density at radius 3 is 2.46 bits per heavy atom. The zero-order valence-electron chi connectivity index (χ0n) is 20.7. The quantitative estimate of drug-likeness (QED) is 0.424. The summed E-state index contributed by atoms with van der Waals surface area (Å²) < 4.78 is 1.83. The van der Waals surface area contributed by atoms with Gasteiger partial charge < -0.3 is 14.8 Å². The Labute approximate surface area is 209 Å². The Balaban J connectivity index is 1.35. The highest BCUT2D eigenvalue weighted by Crippen LogP contribution is 2.35. The normalized spacial score (nSPS) is 21.9. The molecule has 2 fully saturated rings. The van der Waals surface area contributed by atoms with Crippen molar-refractivity contribution < 1.29 is 14.4 Å². The second-order valence-electron chi connectivity index (χ2n) is 9.24. The highest BCUT2D eigenvalue weighted by molar-refractivity contribution is 7.99. The Morgan fingerprint density at radius 2 is 1.83 bits per heavy atom. The van der Waals surface area contributed by atoms with Crippen LogP contribution in [0.5, 0.6) is 0 Å². The molecule has 0 radical (unpaired) electrons. The summed E-state index contributed by atoms with van der Waals surface area (Å²) in [6.45, 7) is 8.27. The van der Waals surface area contributed by atoms with Gasteiger partial charge in [-0.15, -0.1) is 10.2 Å². The van der Waals surface area contributed by atoms with Crippen LogP contribution in [0.15, 0.2) is 29.4 Å². The van der Waals surface area contributed by atoms with Crippen LogP contribution in [0.4, 0.5) is 10.5 Å². The number of hydrogen-bond acceptors (Lipinski definition) is 7. The van der Waals surface area contributed by atoms with Crippen molar-refractivity contribution >= 4 is 35.3 Å². The molecule has 2 aromatic rings. The van der Waals surface area contributed by atoms with E-state index in [1.54, 1.807) is 0 Å². The number of benzene rings is 1. The number of thioether (sulfide) groups is 1. The third-order valence-corrected chi connectivity index (χ3v) is 7.97. The van der Waals surface area contributed by atoms with Crippen LogP contribution in [0.2, 0.25) is 0 Å². The lowest BCUT2D eigenvalue weighted by Crippen LogP contribution is -2.51. The van der Waals surface area contributed by atoms with E-state index in [9.17, 15) is 14.4 Å². The molecular weight excluding hydrogens is 466 g/mol. The molecule has 2 aliphatic rings. The molecule has 1 spiro atoms. The number of hydrogen-bond donors (Lipinski definition) is 2. The van der Waals surface area contributed by atoms with Crippen LogP contribution in [-0.4, -0.2) is 62.0 Å². The van der Waals surface area contributed by atoms with Crippen molar-refractivity contribution in [2.45, 2.75) is 57.1 Å². The molecule has 4 rings (SSSR count). The molecule has 188 valence electrons. The summed E-state index contributed by atoms with van der Waals surface area (Å²) in [5.74, 6) is 0.395. The van der Waals surface area contributed by atoms with Crippen molar-refractivity contribution in [2.75, 3.05) is 23.7 Å². The summed E-state index contributed by atoms with van der Waals surface area (Å²) >= 11 is 1.20. The van der Waals surface area contributed by atoms with E-state index in [0.717, 1.165) is 42.2 Å². The number of anilines is 1. The summed E-state index contributed by atoms with van der Waals surface area (Å²) in [6.07, 6.45) is 2.93. The van der Waals surface area contributed by atoms with Gasteiger partial charge >= 0.3 is 6.03 Å². The van der Waals surface area contributed by atoms with E-state index in [0.29, 0.717) is 29.7 Å². The minimum atomic E-state index is -0.886. The van der Waals surface area contributed by atoms with Gasteiger partial charge in [-0.2, -0.15) is 5.01 Å². The maximum Gasteiger partial charge on any atom is 0.344 e. The van der Waals surface area contributed by atoms with E-state index in [1.165, 1.54) is 11.8 Å². The van der Waals surface area contributed by atoms with Crippen molar-refractivity contribution in [3.05, 3.63) is 24.3 Å². The number of carbonyl (C=O) groups is 3. The smallest absolute Gasteiger partial charge is 0.344 e. The van der Waals surface area contributed by atoms with Gasteiger partial charge in [0.1, 0.15) is 5.54 Å². The number of aromatic nitrogens is 3. The largest absolute Gasteiger partial charge is 0.372 e. The lowest BCUT2D eigenvalue weighted by molar-refractivity contribution is -0.139. The van der Waals surface area contributed by atoms with Gasteiger partial charge in [-0.05, 0) is 69.7 Å². The topological polar surface area (TPSA) is 112 Å². The predicted molar refractivity (Wildman–Crippen MR) is 135 cm³/mol. The van der Waals surface area contributed by atoms with Crippen LogP contribution in [0.25, 0.3) is 11.4 Å². The Bertz CT molecular complexity index is 1090. The van der Waals surface area contributed by atoms with Gasteiger partial charge in [0, 0.05) is 31.4 Å². The third kappa shape index (κ3) is 5.00. The van der Waals surface area contributed by atoms with E-state index in [2.05, 4.69) is 58.7 Å². The third-order valence-electron chi connectivity index (χ3n) is 6.95. The molecule has 35 heavy (non-hydrogen) atoms. The molecule has 2 N–H and O–H groups in total. The monoisotopic (exact) mass is 499 g/mol. The number of amides is 4. The molecule has 0 unspecified atom stereocenters. The van der Waals surface area contributed by atoms with Crippen LogP contribution in [0.3, 0.4) is 0 Å². The van der Waals surface area contributed by atoms with Crippen LogP contribution in [0, 0.1) is 5.92 Å². The second-order valence-corrected chi connectivity index (χ2v) is 10.2. The standard InChI is InChI=1S/C24H33N7O3S/c1-5-30(6-2)18-9-7-17(8-10-18)20-26-27-23(29(20)4)35-15-19(32)28-31-21(33)24(25-22(31)34)13-11-16(3)12-14-24/h7-10,16H,5-6,11-15H2,1-4H3,(H,25,34)(H,28,32). The van der Waals surface area contributed by atoms with Crippen molar-refractivity contribution in [3.8, 4) is 11.4 Å². The van der Waals surface area contributed by atoms with Gasteiger partial charge in [-0.1, -0.05) is 18.7 Å². The predicted octanol–water partition coefficient (Wildman–Crippen LogP) is 2.95. The van der Waals surface area contributed by atoms with E-state index in [4.69, 9.17) is 0 Å². The zero-order chi connectivity index (χ0) is 25.2. The van der Waals surface area contributed by atoms with Crippen LogP contribution in [0.1, 0.15) is 46.5 Å². The molecule has 1 saturated heterocycles. The molecule has 2 heterocycles. The average molecular weight is 500 g/mol. The lowest BCUT2D eigenvalue weighted by atomic mass is 9.77. The second kappa shape index (κ2) is 10.3. The van der Waals surface area contributed by atoms with Crippen molar-refractivity contribution in [3.63, 3.8) is 0 Å². The highest BCUT2D eigenvalue weighted by atomic mass is 32.2. The molecule has 0 atom stereocenters. The van der Waals surface area contributed by atoms with Gasteiger partial charge in [0.05, 0.1) is 5.75 Å². The minimum absolute atomic E-state index is 0.00599. The Kier molecular flexibility index (Phi) is 7.34. The van der Waals surface area contributed by atoms with Crippen LogP contribution in [-0.2, 0) is 16.6 Å². The molecular formula is C24H33N7O3S. The number of carbonyl (C=O) groups excluding carboxylic acids is 3. The highest BCUT2D eigenvalue weighted by Gasteiger charge is 2.52. The Morgan fingerprint density at radius 1 is 1.17 bits per heavy atom. The first kappa shape index (κ1) is 25.0. The molecule has 10 nitrogen and oxygen atoms in total. The van der Waals surface area contributed by atoms with E-state index >= 15 is 0 Å². The van der Waals surface area contributed by atoms with Crippen LogP contribution < -0.4 is 15.6 Å². The number of rotatable bonds is 8. The van der Waals surface area contributed by atoms with Gasteiger partial charge in [0.2, 0.25) is 5.91 Å². The first-order valence-corrected chi connectivity index (χ1v) is 13.1. The Hall–Kier alpha value is -3.08. The summed E-state index contributed by atoms with van der Waals surface area (Å²) in [5.41, 5.74) is 3.66. The first-order chi connectivity index (χ1) is 16.8. The van der Waals surface area contributed by atoms with Gasteiger partial charge in [-0.25, -0.2) is 4.79 Å². The summed E-state index contributed by atoms with van der Waals surface area (Å²) in [7, 11) is 1.85. The molecule has 1 aromatic heterocycles. The molecule has 11 heteroatoms. The maximum absolute atomic E-state index is 12.9. The molecule has 1 aliphatic carbocycles. The number of nitrogens with one attached hydrogen (secondary N) is 2. The summed E-state index contributed by atoms with van der Waals surface area (Å²) in [5, 5.41) is 12.7. The van der Waals surface area contributed by atoms with E-state index < -0.39 is 17.5 Å². The van der Waals surface area contributed by atoms with Crippen molar-refractivity contribution in [2.24, 2.45) is 13.0 Å². The van der Waals surface area contributed by atoms with Crippen LogP contribution >= 0.6 is 11.8 Å². The number of imide groups is 1. The van der Waals surface area contributed by atoms with Gasteiger partial charge in [0.15, 0.2) is 11.0 Å². The lowest BCUT2D eigenvalue weighted by Gasteiger charge is -2.33. The number of urea groups is 1. The molecule has 1 aliphatic heterocycles. The van der Waals surface area contributed by atoms with Gasteiger partial charge in [0.25, 0.3) is 5.91 Å². The van der Waals surface area contributed by atoms with Crippen molar-refractivity contribution in [1.82, 2.24) is 30.5 Å². The summed E-state index contributed by atoms with van der Waals surface area (Å²) in [4.78, 5) is 40.2. The fourth-order valence-electron chi connectivity index (χ4n) is 4.70. The molecule has 4 amide bonds. The molecule has 1 aromatic carbocycles. The number of hydrazine groups is 1. The van der Waals surface area contributed by atoms with Gasteiger partial charge in [-0.3, -0.25) is 15.0 Å². The summed E-state index contributed by atoms with van der Waals surface area (Å²) in [6, 6.07) is 7.58. The SMILES string of the molecule is CCN(CC)c1ccc(-c2nnc(SCC(=O)NN3C(=O)NC4(CCC(C)CC4)C3=O)n2C)cc1. The van der Waals surface area contributed by atoms with Crippen molar-refractivity contribution in [1.29, 1.82) is 0 Å². The molecule has 0 bridgehead atoms. The fourth-order valence-corrected chi connectivity index (χ4v) is 5.41. The van der Waals surface area contributed by atoms with E-state index in [-0.39, 0.29) is 11.7 Å². The first-order valence-electron chi connectivity index (χ1n) is 12.1. The maximum atomic E-state index is 12.9. The number of nitrogens with zero attached hydrogens (tertiary/aromatic N) is 5. The van der Waals surface area contributed by atoms with E-state index in [1.807, 2.05) is 23.7 Å². The zero-order valence-corrected chi connectivity index (χ0v) is 21.5. The fraction of sp³-hybridized carbons (Fsp3) is 0.542.